The molecule has 0 atom stereocenters. The second-order valence-electron chi connectivity index (χ2n) is 5.51. The minimum absolute atomic E-state index is 0.176. The Morgan fingerprint density at radius 2 is 2.04 bits per heavy atom. The normalized spacial score (nSPS) is 10.9. The Hall–Kier alpha value is -3.55. The molecule has 3 aromatic heterocycles. The van der Waals surface area contributed by atoms with Gasteiger partial charge < -0.3 is 11.1 Å². The van der Waals surface area contributed by atoms with E-state index >= 15 is 0 Å². The average Bonchev–Trinajstić information content (AvgIpc) is 3.10. The van der Waals surface area contributed by atoms with Crippen LogP contribution in [-0.4, -0.2) is 36.7 Å². The Kier molecular flexibility index (Phi) is 3.91. The average molecular weight is 332 g/mol. The van der Waals surface area contributed by atoms with Crippen molar-refractivity contribution < 1.29 is 0 Å². The van der Waals surface area contributed by atoms with Crippen molar-refractivity contribution in [2.75, 3.05) is 17.6 Å². The number of nitrogens with one attached hydrogen (secondary N) is 2. The van der Waals surface area contributed by atoms with E-state index in [0.29, 0.717) is 18.3 Å². The summed E-state index contributed by atoms with van der Waals surface area (Å²) in [6.07, 6.45) is 4.31. The molecular weight excluding hydrogens is 316 g/mol. The van der Waals surface area contributed by atoms with Crippen LogP contribution in [0.4, 0.5) is 11.9 Å². The molecule has 0 saturated carbocycles. The number of nitrogens with zero attached hydrogens (tertiary/aromatic N) is 5. The lowest BCUT2D eigenvalue weighted by Gasteiger charge is -2.07. The summed E-state index contributed by atoms with van der Waals surface area (Å²) < 4.78 is 0. The molecule has 0 aliphatic carbocycles. The molecule has 4 aromatic rings. The maximum atomic E-state index is 5.84. The van der Waals surface area contributed by atoms with Crippen molar-refractivity contribution in [1.82, 2.24) is 30.1 Å². The minimum atomic E-state index is 0.176. The van der Waals surface area contributed by atoms with Crippen LogP contribution in [0.3, 0.4) is 0 Å². The first kappa shape index (κ1) is 15.0. The predicted molar refractivity (Wildman–Crippen MR) is 95.8 cm³/mol. The quantitative estimate of drug-likeness (QED) is 0.512. The highest BCUT2D eigenvalue weighted by Crippen LogP contribution is 2.21. The van der Waals surface area contributed by atoms with E-state index in [-0.39, 0.29) is 5.95 Å². The van der Waals surface area contributed by atoms with Crippen molar-refractivity contribution in [3.63, 3.8) is 0 Å². The molecule has 0 bridgehead atoms. The Labute approximate surface area is 143 Å². The van der Waals surface area contributed by atoms with E-state index in [4.69, 9.17) is 5.73 Å². The zero-order valence-electron chi connectivity index (χ0n) is 13.3. The van der Waals surface area contributed by atoms with Crippen LogP contribution in [-0.2, 0) is 6.42 Å². The topological polar surface area (TPSA) is 118 Å². The fraction of sp³-hybridized carbons (Fsp3) is 0.118. The van der Waals surface area contributed by atoms with Gasteiger partial charge in [-0.2, -0.15) is 20.1 Å². The van der Waals surface area contributed by atoms with Gasteiger partial charge in [0.25, 0.3) is 0 Å². The lowest BCUT2D eigenvalue weighted by atomic mass is 10.1. The molecule has 0 aliphatic heterocycles. The summed E-state index contributed by atoms with van der Waals surface area (Å²) in [5.41, 5.74) is 8.60. The zero-order valence-corrected chi connectivity index (χ0v) is 13.3. The molecule has 0 spiro atoms. The molecule has 4 rings (SSSR count). The fourth-order valence-corrected chi connectivity index (χ4v) is 2.52. The third-order valence-corrected chi connectivity index (χ3v) is 3.74. The largest absolute Gasteiger partial charge is 0.368 e. The summed E-state index contributed by atoms with van der Waals surface area (Å²) in [6, 6.07) is 11.7. The van der Waals surface area contributed by atoms with Gasteiger partial charge >= 0.3 is 0 Å². The van der Waals surface area contributed by atoms with Gasteiger partial charge in [-0.15, -0.1) is 0 Å². The zero-order chi connectivity index (χ0) is 17.1. The minimum Gasteiger partial charge on any atom is -0.368 e. The molecule has 0 aliphatic rings. The number of nitrogen functional groups attached to an aromatic ring is 1. The molecule has 0 radical (unpaired) electrons. The molecular formula is C17H16N8. The number of aromatic nitrogens is 6. The van der Waals surface area contributed by atoms with Crippen LogP contribution in [0, 0.1) is 0 Å². The maximum Gasteiger partial charge on any atom is 0.228 e. The van der Waals surface area contributed by atoms with Gasteiger partial charge in [-0.25, -0.2) is 0 Å². The van der Waals surface area contributed by atoms with Crippen LogP contribution in [0.25, 0.3) is 22.3 Å². The molecule has 8 nitrogen and oxygen atoms in total. The van der Waals surface area contributed by atoms with E-state index < -0.39 is 0 Å². The molecule has 8 heteroatoms. The van der Waals surface area contributed by atoms with Gasteiger partial charge in [0.1, 0.15) is 0 Å². The highest BCUT2D eigenvalue weighted by Gasteiger charge is 2.08. The molecule has 124 valence electrons. The van der Waals surface area contributed by atoms with E-state index in [1.54, 1.807) is 12.4 Å². The lowest BCUT2D eigenvalue weighted by molar-refractivity contribution is 0.935. The molecule has 0 unspecified atom stereocenters. The first-order valence-corrected chi connectivity index (χ1v) is 7.87. The Bertz CT molecular complexity index is 996. The smallest absolute Gasteiger partial charge is 0.228 e. The van der Waals surface area contributed by atoms with Gasteiger partial charge in [-0.1, -0.05) is 18.2 Å². The fourth-order valence-electron chi connectivity index (χ4n) is 2.52. The Balaban J connectivity index is 1.53. The summed E-state index contributed by atoms with van der Waals surface area (Å²) >= 11 is 0. The van der Waals surface area contributed by atoms with E-state index in [9.17, 15) is 0 Å². The Morgan fingerprint density at radius 1 is 1.08 bits per heavy atom. The van der Waals surface area contributed by atoms with Crippen molar-refractivity contribution in [1.29, 1.82) is 0 Å². The van der Waals surface area contributed by atoms with Gasteiger partial charge in [0.15, 0.2) is 5.82 Å². The van der Waals surface area contributed by atoms with Crippen molar-refractivity contribution in [2.45, 2.75) is 6.42 Å². The summed E-state index contributed by atoms with van der Waals surface area (Å²) in [4.78, 5) is 17.1. The van der Waals surface area contributed by atoms with E-state index in [2.05, 4.69) is 35.5 Å². The molecule has 25 heavy (non-hydrogen) atoms. The number of aromatic amines is 1. The van der Waals surface area contributed by atoms with Crippen molar-refractivity contribution >= 4 is 22.8 Å². The third-order valence-electron chi connectivity index (χ3n) is 3.74. The molecule has 0 amide bonds. The molecule has 0 fully saturated rings. The van der Waals surface area contributed by atoms with Gasteiger partial charge in [0, 0.05) is 35.8 Å². The summed E-state index contributed by atoms with van der Waals surface area (Å²) in [7, 11) is 0. The molecule has 4 N–H and O–H groups in total. The van der Waals surface area contributed by atoms with Crippen molar-refractivity contribution in [3.05, 3.63) is 54.5 Å². The number of rotatable bonds is 5. The number of nitrogens with two attached hydrogens (primary N) is 1. The number of benzene rings is 1. The lowest BCUT2D eigenvalue weighted by Crippen LogP contribution is -2.11. The third kappa shape index (κ3) is 3.37. The highest BCUT2D eigenvalue weighted by molar-refractivity contribution is 5.82. The molecule has 3 heterocycles. The molecule has 1 aromatic carbocycles. The summed E-state index contributed by atoms with van der Waals surface area (Å²) in [5.74, 6) is 1.14. The first-order chi connectivity index (χ1) is 12.3. The number of pyridine rings is 1. The van der Waals surface area contributed by atoms with Crippen LogP contribution in [0.5, 0.6) is 0 Å². The van der Waals surface area contributed by atoms with E-state index in [1.165, 1.54) is 0 Å². The number of hydrogen-bond donors (Lipinski definition) is 3. The highest BCUT2D eigenvalue weighted by atomic mass is 15.2. The van der Waals surface area contributed by atoms with Crippen LogP contribution in [0.1, 0.15) is 5.69 Å². The summed E-state index contributed by atoms with van der Waals surface area (Å²) in [6.45, 7) is 0.652. The number of hydrogen-bond acceptors (Lipinski definition) is 7. The number of H-pyrrole nitrogens is 1. The van der Waals surface area contributed by atoms with Gasteiger partial charge in [-0.3, -0.25) is 10.1 Å². The van der Waals surface area contributed by atoms with Crippen LogP contribution < -0.4 is 11.1 Å². The predicted octanol–water partition coefficient (Wildman–Crippen LogP) is 2.05. The SMILES string of the molecule is Nc1nc(NCCc2ccccn2)nc(-c2ccc3cn[nH]c3c2)n1. The second kappa shape index (κ2) is 6.52. The summed E-state index contributed by atoms with van der Waals surface area (Å²) in [5, 5.41) is 11.2. The monoisotopic (exact) mass is 332 g/mol. The van der Waals surface area contributed by atoms with Gasteiger partial charge in [0.05, 0.1) is 11.7 Å². The number of fused-ring (bicyclic) bond motifs is 1. The van der Waals surface area contributed by atoms with Crippen LogP contribution in [0.15, 0.2) is 48.8 Å². The maximum absolute atomic E-state index is 5.84. The van der Waals surface area contributed by atoms with Gasteiger partial charge in [-0.05, 0) is 18.2 Å². The van der Waals surface area contributed by atoms with Crippen LogP contribution in [0.2, 0.25) is 0 Å². The standard InChI is InChI=1S/C17H16N8/c18-16-22-15(11-4-5-12-10-21-25-14(12)9-11)23-17(24-16)20-8-6-13-3-1-2-7-19-13/h1-5,7,9-10H,6,8H2,(H,21,25)(H3,18,20,22,23,24). The van der Waals surface area contributed by atoms with Crippen LogP contribution >= 0.6 is 0 Å². The molecule has 0 saturated heterocycles. The van der Waals surface area contributed by atoms with E-state index in [1.807, 2.05) is 36.4 Å². The van der Waals surface area contributed by atoms with Crippen molar-refractivity contribution in [3.8, 4) is 11.4 Å². The first-order valence-electron chi connectivity index (χ1n) is 7.87. The number of anilines is 2. The Morgan fingerprint density at radius 3 is 2.92 bits per heavy atom. The van der Waals surface area contributed by atoms with E-state index in [0.717, 1.165) is 28.6 Å². The van der Waals surface area contributed by atoms with Gasteiger partial charge in [0.2, 0.25) is 11.9 Å². The van der Waals surface area contributed by atoms with Crippen molar-refractivity contribution in [2.24, 2.45) is 0 Å². The second-order valence-corrected chi connectivity index (χ2v) is 5.51.